The molecule has 17 heavy (non-hydrogen) atoms. The van der Waals surface area contributed by atoms with Gasteiger partial charge in [0, 0.05) is 12.1 Å². The van der Waals surface area contributed by atoms with Gasteiger partial charge in [-0.15, -0.1) is 0 Å². The smallest absolute Gasteiger partial charge is 0.244 e. The molecule has 1 aromatic carbocycles. The SMILES string of the molecule is O=C(/C=C/c1ccccc1)NC1CCNCC1. The van der Waals surface area contributed by atoms with E-state index in [1.807, 2.05) is 36.4 Å². The summed E-state index contributed by atoms with van der Waals surface area (Å²) < 4.78 is 0. The van der Waals surface area contributed by atoms with Gasteiger partial charge in [-0.1, -0.05) is 30.3 Å². The largest absolute Gasteiger partial charge is 0.350 e. The molecular weight excluding hydrogens is 212 g/mol. The summed E-state index contributed by atoms with van der Waals surface area (Å²) in [5.41, 5.74) is 1.05. The Labute approximate surface area is 102 Å². The van der Waals surface area contributed by atoms with Crippen LogP contribution in [0.2, 0.25) is 0 Å². The van der Waals surface area contributed by atoms with Gasteiger partial charge in [-0.2, -0.15) is 0 Å². The summed E-state index contributed by atoms with van der Waals surface area (Å²) in [5, 5.41) is 6.30. The van der Waals surface area contributed by atoms with Crippen LogP contribution in [0.4, 0.5) is 0 Å². The summed E-state index contributed by atoms with van der Waals surface area (Å²) >= 11 is 0. The van der Waals surface area contributed by atoms with Gasteiger partial charge in [0.2, 0.25) is 5.91 Å². The van der Waals surface area contributed by atoms with Gasteiger partial charge in [0.15, 0.2) is 0 Å². The predicted octanol–water partition coefficient (Wildman–Crippen LogP) is 1.57. The van der Waals surface area contributed by atoms with Crippen LogP contribution < -0.4 is 10.6 Å². The highest BCUT2D eigenvalue weighted by atomic mass is 16.1. The molecule has 1 aromatic rings. The Bertz CT molecular complexity index is 380. The molecule has 1 fully saturated rings. The van der Waals surface area contributed by atoms with E-state index in [9.17, 15) is 4.79 Å². The van der Waals surface area contributed by atoms with Crippen LogP contribution >= 0.6 is 0 Å². The van der Waals surface area contributed by atoms with E-state index in [0.717, 1.165) is 31.5 Å². The van der Waals surface area contributed by atoms with Crippen LogP contribution in [0.15, 0.2) is 36.4 Å². The lowest BCUT2D eigenvalue weighted by molar-refractivity contribution is -0.117. The number of carbonyl (C=O) groups is 1. The molecule has 1 aliphatic heterocycles. The van der Waals surface area contributed by atoms with Crippen LogP contribution in [0.25, 0.3) is 6.08 Å². The number of amides is 1. The second kappa shape index (κ2) is 6.21. The van der Waals surface area contributed by atoms with E-state index < -0.39 is 0 Å². The zero-order valence-electron chi connectivity index (χ0n) is 9.86. The Balaban J connectivity index is 1.82. The zero-order chi connectivity index (χ0) is 11.9. The number of hydrogen-bond donors (Lipinski definition) is 2. The highest BCUT2D eigenvalue weighted by molar-refractivity contribution is 5.91. The Morgan fingerprint density at radius 2 is 1.94 bits per heavy atom. The molecule has 0 aromatic heterocycles. The number of hydrogen-bond acceptors (Lipinski definition) is 2. The lowest BCUT2D eigenvalue weighted by Gasteiger charge is -2.22. The van der Waals surface area contributed by atoms with Crippen molar-refractivity contribution in [3.05, 3.63) is 42.0 Å². The van der Waals surface area contributed by atoms with E-state index in [-0.39, 0.29) is 5.91 Å². The first-order valence-corrected chi connectivity index (χ1v) is 6.09. The molecule has 0 spiro atoms. The van der Waals surface area contributed by atoms with Crippen molar-refractivity contribution in [2.45, 2.75) is 18.9 Å². The molecule has 3 nitrogen and oxygen atoms in total. The second-order valence-corrected chi connectivity index (χ2v) is 4.28. The minimum Gasteiger partial charge on any atom is -0.350 e. The first kappa shape index (κ1) is 11.9. The normalized spacial score (nSPS) is 17.2. The van der Waals surface area contributed by atoms with Crippen molar-refractivity contribution in [3.8, 4) is 0 Å². The number of piperidine rings is 1. The molecule has 1 amide bonds. The summed E-state index contributed by atoms with van der Waals surface area (Å²) in [6, 6.07) is 10.2. The minimum atomic E-state index is 0.000697. The van der Waals surface area contributed by atoms with Crippen LogP contribution in [0.3, 0.4) is 0 Å². The molecule has 0 aliphatic carbocycles. The maximum atomic E-state index is 11.7. The number of nitrogens with one attached hydrogen (secondary N) is 2. The molecule has 2 N–H and O–H groups in total. The summed E-state index contributed by atoms with van der Waals surface area (Å²) in [5.74, 6) is 0.000697. The fraction of sp³-hybridized carbons (Fsp3) is 0.357. The van der Waals surface area contributed by atoms with Crippen LogP contribution in [-0.2, 0) is 4.79 Å². The molecular formula is C14H18N2O. The zero-order valence-corrected chi connectivity index (χ0v) is 9.86. The van der Waals surface area contributed by atoms with Gasteiger partial charge in [0.05, 0.1) is 0 Å². The van der Waals surface area contributed by atoms with E-state index in [1.165, 1.54) is 0 Å². The Hall–Kier alpha value is -1.61. The summed E-state index contributed by atoms with van der Waals surface area (Å²) in [7, 11) is 0. The number of rotatable bonds is 3. The molecule has 0 bridgehead atoms. The van der Waals surface area contributed by atoms with Crippen molar-refractivity contribution in [2.24, 2.45) is 0 Å². The highest BCUT2D eigenvalue weighted by Crippen LogP contribution is 2.03. The van der Waals surface area contributed by atoms with Gasteiger partial charge in [0.1, 0.15) is 0 Å². The maximum absolute atomic E-state index is 11.7. The van der Waals surface area contributed by atoms with E-state index in [1.54, 1.807) is 6.08 Å². The third kappa shape index (κ3) is 4.04. The Kier molecular flexibility index (Phi) is 4.33. The van der Waals surface area contributed by atoms with Gasteiger partial charge in [0.25, 0.3) is 0 Å². The average molecular weight is 230 g/mol. The fourth-order valence-electron chi connectivity index (χ4n) is 1.95. The van der Waals surface area contributed by atoms with Gasteiger partial charge < -0.3 is 10.6 Å². The van der Waals surface area contributed by atoms with Crippen molar-refractivity contribution >= 4 is 12.0 Å². The van der Waals surface area contributed by atoms with Gasteiger partial charge in [-0.3, -0.25) is 4.79 Å². The number of carbonyl (C=O) groups excluding carboxylic acids is 1. The van der Waals surface area contributed by atoms with Crippen molar-refractivity contribution in [1.29, 1.82) is 0 Å². The second-order valence-electron chi connectivity index (χ2n) is 4.28. The van der Waals surface area contributed by atoms with Crippen LogP contribution in [0.5, 0.6) is 0 Å². The first-order valence-electron chi connectivity index (χ1n) is 6.09. The van der Waals surface area contributed by atoms with E-state index in [2.05, 4.69) is 10.6 Å². The summed E-state index contributed by atoms with van der Waals surface area (Å²) in [6.07, 6.45) is 5.49. The molecule has 2 rings (SSSR count). The Morgan fingerprint density at radius 3 is 2.65 bits per heavy atom. The van der Waals surface area contributed by atoms with Crippen LogP contribution in [0.1, 0.15) is 18.4 Å². The molecule has 0 saturated carbocycles. The molecule has 0 unspecified atom stereocenters. The van der Waals surface area contributed by atoms with Gasteiger partial charge in [-0.05, 0) is 37.6 Å². The minimum absolute atomic E-state index is 0.000697. The standard InChI is InChI=1S/C14H18N2O/c17-14(16-13-8-10-15-11-9-13)7-6-12-4-2-1-3-5-12/h1-7,13,15H,8-11H2,(H,16,17)/b7-6+. The molecule has 90 valence electrons. The molecule has 1 heterocycles. The van der Waals surface area contributed by atoms with Crippen molar-refractivity contribution in [2.75, 3.05) is 13.1 Å². The summed E-state index contributed by atoms with van der Waals surface area (Å²) in [4.78, 5) is 11.7. The van der Waals surface area contributed by atoms with E-state index >= 15 is 0 Å². The predicted molar refractivity (Wildman–Crippen MR) is 69.5 cm³/mol. The quantitative estimate of drug-likeness (QED) is 0.774. The highest BCUT2D eigenvalue weighted by Gasteiger charge is 2.13. The van der Waals surface area contributed by atoms with Crippen LogP contribution in [-0.4, -0.2) is 25.0 Å². The average Bonchev–Trinajstić information content (AvgIpc) is 2.39. The van der Waals surface area contributed by atoms with E-state index in [4.69, 9.17) is 0 Å². The van der Waals surface area contributed by atoms with Crippen molar-refractivity contribution < 1.29 is 4.79 Å². The van der Waals surface area contributed by atoms with E-state index in [0.29, 0.717) is 6.04 Å². The van der Waals surface area contributed by atoms with Gasteiger partial charge >= 0.3 is 0 Å². The maximum Gasteiger partial charge on any atom is 0.244 e. The lowest BCUT2D eigenvalue weighted by Crippen LogP contribution is -2.42. The topological polar surface area (TPSA) is 41.1 Å². The third-order valence-corrected chi connectivity index (χ3v) is 2.91. The molecule has 0 radical (unpaired) electrons. The lowest BCUT2D eigenvalue weighted by atomic mass is 10.1. The molecule has 3 heteroatoms. The fourth-order valence-corrected chi connectivity index (χ4v) is 1.95. The number of benzene rings is 1. The third-order valence-electron chi connectivity index (χ3n) is 2.91. The molecule has 0 atom stereocenters. The Morgan fingerprint density at radius 1 is 1.24 bits per heavy atom. The summed E-state index contributed by atoms with van der Waals surface area (Å²) in [6.45, 7) is 1.99. The molecule has 1 saturated heterocycles. The van der Waals surface area contributed by atoms with Crippen LogP contribution in [0, 0.1) is 0 Å². The monoisotopic (exact) mass is 230 g/mol. The first-order chi connectivity index (χ1) is 8.34. The van der Waals surface area contributed by atoms with Crippen molar-refractivity contribution in [3.63, 3.8) is 0 Å². The van der Waals surface area contributed by atoms with Gasteiger partial charge in [-0.25, -0.2) is 0 Å². The molecule has 1 aliphatic rings. The van der Waals surface area contributed by atoms with Crippen molar-refractivity contribution in [1.82, 2.24) is 10.6 Å².